The summed E-state index contributed by atoms with van der Waals surface area (Å²) in [6.07, 6.45) is 0.503. The van der Waals surface area contributed by atoms with Gasteiger partial charge in [-0.15, -0.1) is 0 Å². The maximum Gasteiger partial charge on any atom is 0.416 e. The summed E-state index contributed by atoms with van der Waals surface area (Å²) in [6.45, 7) is 0.629. The summed E-state index contributed by atoms with van der Waals surface area (Å²) in [5.74, 6) is 0.482. The van der Waals surface area contributed by atoms with Gasteiger partial charge in [0.15, 0.2) is 5.65 Å². The van der Waals surface area contributed by atoms with E-state index in [1.165, 1.54) is 23.3 Å². The molecule has 0 atom stereocenters. The van der Waals surface area contributed by atoms with Gasteiger partial charge in [-0.25, -0.2) is 9.78 Å². The molecule has 4 rings (SSSR count). The topological polar surface area (TPSA) is 39.8 Å². The molecule has 0 spiro atoms. The number of halogens is 3. The van der Waals surface area contributed by atoms with Gasteiger partial charge in [0.05, 0.1) is 11.1 Å². The number of hydrogen-bond acceptors (Lipinski definition) is 2. The fourth-order valence-electron chi connectivity index (χ4n) is 3.42. The second-order valence-corrected chi connectivity index (χ2v) is 6.89. The average molecular weight is 361 g/mol. The highest BCUT2D eigenvalue weighted by atomic mass is 19.4. The van der Waals surface area contributed by atoms with E-state index in [0.29, 0.717) is 34.8 Å². The van der Waals surface area contributed by atoms with Gasteiger partial charge < -0.3 is 0 Å². The molecule has 26 heavy (non-hydrogen) atoms. The van der Waals surface area contributed by atoms with E-state index in [1.807, 2.05) is 0 Å². The maximum atomic E-state index is 13.0. The van der Waals surface area contributed by atoms with Gasteiger partial charge >= 0.3 is 11.9 Å². The zero-order valence-corrected chi connectivity index (χ0v) is 14.3. The van der Waals surface area contributed by atoms with Crippen molar-refractivity contribution in [1.82, 2.24) is 14.1 Å². The summed E-state index contributed by atoms with van der Waals surface area (Å²) in [7, 11) is 1.67. The Bertz CT molecular complexity index is 1030. The Labute approximate surface area is 147 Å². The van der Waals surface area contributed by atoms with Crippen LogP contribution in [0.3, 0.4) is 0 Å². The van der Waals surface area contributed by atoms with Gasteiger partial charge in [-0.3, -0.25) is 9.13 Å². The fourth-order valence-corrected chi connectivity index (χ4v) is 3.42. The monoisotopic (exact) mass is 361 g/mol. The largest absolute Gasteiger partial charge is 0.416 e. The van der Waals surface area contributed by atoms with E-state index in [2.05, 4.69) is 4.98 Å². The molecule has 1 saturated carbocycles. The summed E-state index contributed by atoms with van der Waals surface area (Å²) < 4.78 is 42.1. The van der Waals surface area contributed by atoms with Gasteiger partial charge in [0, 0.05) is 25.4 Å². The Morgan fingerprint density at radius 3 is 2.62 bits per heavy atom. The average Bonchev–Trinajstić information content (AvgIpc) is 2.81. The number of benzene rings is 1. The van der Waals surface area contributed by atoms with Crippen LogP contribution in [0, 0.1) is 5.92 Å². The molecule has 7 heteroatoms. The number of aryl methyl sites for hydroxylation is 1. The van der Waals surface area contributed by atoms with Crippen molar-refractivity contribution in [2.24, 2.45) is 13.0 Å². The summed E-state index contributed by atoms with van der Waals surface area (Å²) in [5.41, 5.74) is 1.37. The molecule has 2 aromatic heterocycles. The molecule has 0 radical (unpaired) electrons. The minimum absolute atomic E-state index is 0.138. The van der Waals surface area contributed by atoms with Crippen LogP contribution in [0.5, 0.6) is 0 Å². The van der Waals surface area contributed by atoms with Gasteiger partial charge in [0.1, 0.15) is 0 Å². The van der Waals surface area contributed by atoms with Gasteiger partial charge in [0.25, 0.3) is 0 Å². The lowest BCUT2D eigenvalue weighted by atomic mass is 9.85. The zero-order valence-electron chi connectivity index (χ0n) is 14.3. The Morgan fingerprint density at radius 1 is 1.19 bits per heavy atom. The van der Waals surface area contributed by atoms with E-state index in [9.17, 15) is 18.0 Å². The lowest BCUT2D eigenvalue weighted by Crippen LogP contribution is -2.27. The van der Waals surface area contributed by atoms with Crippen molar-refractivity contribution in [1.29, 1.82) is 0 Å². The third-order valence-corrected chi connectivity index (χ3v) is 5.16. The SMILES string of the molecule is Cn1c(=O)n(CC2CCC2)c2cc(-c3cccc(C(F)(F)F)c3)cnc21. The van der Waals surface area contributed by atoms with Crippen LogP contribution in [0.1, 0.15) is 24.8 Å². The van der Waals surface area contributed by atoms with Crippen LogP contribution >= 0.6 is 0 Å². The van der Waals surface area contributed by atoms with Gasteiger partial charge in [-0.2, -0.15) is 13.2 Å². The second kappa shape index (κ2) is 6.00. The first-order valence-electron chi connectivity index (χ1n) is 8.57. The fraction of sp³-hybridized carbons (Fsp3) is 0.368. The van der Waals surface area contributed by atoms with E-state index in [4.69, 9.17) is 0 Å². The standard InChI is InChI=1S/C19H18F3N3O/c1-24-17-16(25(18(24)26)11-12-4-2-5-12)9-14(10-23-17)13-6-3-7-15(8-13)19(20,21)22/h3,6-10,12H,2,4-5,11H2,1H3. The Balaban J connectivity index is 1.82. The zero-order chi connectivity index (χ0) is 18.5. The van der Waals surface area contributed by atoms with Crippen LogP contribution < -0.4 is 5.69 Å². The number of hydrogen-bond donors (Lipinski definition) is 0. The lowest BCUT2D eigenvalue weighted by Gasteiger charge is -2.25. The van der Waals surface area contributed by atoms with E-state index >= 15 is 0 Å². The Morgan fingerprint density at radius 2 is 1.96 bits per heavy atom. The number of rotatable bonds is 3. The third-order valence-electron chi connectivity index (χ3n) is 5.16. The molecule has 1 fully saturated rings. The minimum atomic E-state index is -4.40. The number of imidazole rings is 1. The summed E-state index contributed by atoms with van der Waals surface area (Å²) >= 11 is 0. The second-order valence-electron chi connectivity index (χ2n) is 6.89. The van der Waals surface area contributed by atoms with Gasteiger partial charge in [0.2, 0.25) is 0 Å². The van der Waals surface area contributed by atoms with Crippen LogP contribution in [-0.4, -0.2) is 14.1 Å². The van der Waals surface area contributed by atoms with E-state index < -0.39 is 11.7 Å². The highest BCUT2D eigenvalue weighted by Crippen LogP contribution is 2.33. The Kier molecular flexibility index (Phi) is 3.89. The first-order valence-corrected chi connectivity index (χ1v) is 8.57. The molecule has 136 valence electrons. The smallest absolute Gasteiger partial charge is 0.290 e. The highest BCUT2D eigenvalue weighted by Gasteiger charge is 2.30. The van der Waals surface area contributed by atoms with E-state index in [1.54, 1.807) is 23.7 Å². The number of alkyl halides is 3. The lowest BCUT2D eigenvalue weighted by molar-refractivity contribution is -0.137. The normalized spacial score (nSPS) is 15.4. The number of pyridine rings is 1. The van der Waals surface area contributed by atoms with Crippen molar-refractivity contribution in [3.8, 4) is 11.1 Å². The molecule has 0 unspecified atom stereocenters. The quantitative estimate of drug-likeness (QED) is 0.701. The number of nitrogens with zero attached hydrogens (tertiary/aromatic N) is 3. The van der Waals surface area contributed by atoms with E-state index in [0.717, 1.165) is 25.0 Å². The number of aromatic nitrogens is 3. The first kappa shape index (κ1) is 16.9. The van der Waals surface area contributed by atoms with Gasteiger partial charge in [-0.1, -0.05) is 18.6 Å². The molecular weight excluding hydrogens is 343 g/mol. The van der Waals surface area contributed by atoms with Crippen LogP contribution in [-0.2, 0) is 19.8 Å². The predicted molar refractivity (Wildman–Crippen MR) is 92.8 cm³/mol. The van der Waals surface area contributed by atoms with Crippen LogP contribution in [0.4, 0.5) is 13.2 Å². The van der Waals surface area contributed by atoms with Crippen LogP contribution in [0.25, 0.3) is 22.3 Å². The molecule has 0 amide bonds. The van der Waals surface area contributed by atoms with Crippen molar-refractivity contribution < 1.29 is 13.2 Å². The molecule has 1 aromatic carbocycles. The Hall–Kier alpha value is -2.57. The van der Waals surface area contributed by atoms with Crippen molar-refractivity contribution in [2.75, 3.05) is 0 Å². The van der Waals surface area contributed by atoms with Gasteiger partial charge in [-0.05, 0) is 42.5 Å². The molecular formula is C19H18F3N3O. The van der Waals surface area contributed by atoms with Crippen molar-refractivity contribution in [2.45, 2.75) is 32.0 Å². The minimum Gasteiger partial charge on any atom is -0.290 e. The number of fused-ring (bicyclic) bond motifs is 1. The molecule has 3 aromatic rings. The summed E-state index contributed by atoms with van der Waals surface area (Å²) in [5, 5.41) is 0. The van der Waals surface area contributed by atoms with Crippen molar-refractivity contribution in [3.05, 3.63) is 52.6 Å². The van der Waals surface area contributed by atoms with Crippen LogP contribution in [0.15, 0.2) is 41.3 Å². The molecule has 0 N–H and O–H groups in total. The van der Waals surface area contributed by atoms with Crippen molar-refractivity contribution >= 4 is 11.2 Å². The molecule has 0 aliphatic heterocycles. The van der Waals surface area contributed by atoms with E-state index in [-0.39, 0.29) is 5.69 Å². The summed E-state index contributed by atoms with van der Waals surface area (Å²) in [4.78, 5) is 16.9. The predicted octanol–water partition coefficient (Wildman–Crippen LogP) is 4.22. The first-order chi connectivity index (χ1) is 12.3. The van der Waals surface area contributed by atoms with Crippen molar-refractivity contribution in [3.63, 3.8) is 0 Å². The molecule has 4 nitrogen and oxygen atoms in total. The third kappa shape index (κ3) is 2.81. The summed E-state index contributed by atoms with van der Waals surface area (Å²) in [6, 6.07) is 6.92. The molecule has 0 saturated heterocycles. The van der Waals surface area contributed by atoms with Crippen LogP contribution in [0.2, 0.25) is 0 Å². The molecule has 1 aliphatic carbocycles. The highest BCUT2D eigenvalue weighted by molar-refractivity contribution is 5.79. The molecule has 1 aliphatic rings. The molecule has 2 heterocycles. The molecule has 0 bridgehead atoms. The maximum absolute atomic E-state index is 13.0.